The van der Waals surface area contributed by atoms with E-state index in [1.165, 1.54) is 11.3 Å². The van der Waals surface area contributed by atoms with Crippen molar-refractivity contribution in [3.63, 3.8) is 0 Å². The zero-order valence-electron chi connectivity index (χ0n) is 9.19. The molecule has 2 heterocycles. The molecule has 0 aromatic carbocycles. The highest BCUT2D eigenvalue weighted by Crippen LogP contribution is 2.29. The second kappa shape index (κ2) is 5.25. The Labute approximate surface area is 120 Å². The van der Waals surface area contributed by atoms with Gasteiger partial charge in [-0.2, -0.15) is 0 Å². The summed E-state index contributed by atoms with van der Waals surface area (Å²) in [5.41, 5.74) is 0.556. The Balaban J connectivity index is 2.17. The number of H-pyrrole nitrogens is 1. The SMILES string of the molecule is Cc1sc(Br)cc1S(=O)(=O)NCc1csc(=O)[nH]1. The van der Waals surface area contributed by atoms with Crippen molar-refractivity contribution in [3.8, 4) is 0 Å². The number of thiazole rings is 1. The molecule has 0 bridgehead atoms. The molecule has 0 saturated carbocycles. The van der Waals surface area contributed by atoms with Gasteiger partial charge in [-0.3, -0.25) is 4.79 Å². The monoisotopic (exact) mass is 368 g/mol. The van der Waals surface area contributed by atoms with Gasteiger partial charge in [-0.1, -0.05) is 11.3 Å². The first-order chi connectivity index (χ1) is 8.38. The lowest BCUT2D eigenvalue weighted by atomic mass is 10.5. The number of hydrogen-bond donors (Lipinski definition) is 2. The number of halogens is 1. The van der Waals surface area contributed by atoms with Crippen LogP contribution in [0.1, 0.15) is 10.6 Å². The molecule has 2 rings (SSSR count). The van der Waals surface area contributed by atoms with Crippen molar-refractivity contribution in [3.05, 3.63) is 35.5 Å². The van der Waals surface area contributed by atoms with Crippen LogP contribution < -0.4 is 9.60 Å². The highest BCUT2D eigenvalue weighted by atomic mass is 79.9. The van der Waals surface area contributed by atoms with Gasteiger partial charge in [0, 0.05) is 16.0 Å². The molecular formula is C9H9BrN2O3S3. The van der Waals surface area contributed by atoms with Crippen molar-refractivity contribution >= 4 is 48.6 Å². The maximum Gasteiger partial charge on any atom is 0.304 e. The van der Waals surface area contributed by atoms with E-state index >= 15 is 0 Å². The molecular weight excluding hydrogens is 360 g/mol. The topological polar surface area (TPSA) is 79.0 Å². The quantitative estimate of drug-likeness (QED) is 0.866. The van der Waals surface area contributed by atoms with Gasteiger partial charge in [0.05, 0.1) is 15.2 Å². The minimum absolute atomic E-state index is 0.0774. The number of aromatic nitrogens is 1. The van der Waals surface area contributed by atoms with E-state index in [9.17, 15) is 13.2 Å². The molecule has 0 unspecified atom stereocenters. The van der Waals surface area contributed by atoms with Crippen molar-refractivity contribution in [1.82, 2.24) is 9.71 Å². The number of rotatable bonds is 4. The highest BCUT2D eigenvalue weighted by Gasteiger charge is 2.19. The number of sulfonamides is 1. The lowest BCUT2D eigenvalue weighted by Gasteiger charge is -2.04. The molecule has 2 aromatic rings. The fourth-order valence-electron chi connectivity index (χ4n) is 1.35. The number of hydrogen-bond acceptors (Lipinski definition) is 5. The van der Waals surface area contributed by atoms with Crippen molar-refractivity contribution < 1.29 is 8.42 Å². The second-order valence-corrected chi connectivity index (χ2v) is 8.68. The van der Waals surface area contributed by atoms with Crippen LogP contribution in [0.15, 0.2) is 24.9 Å². The molecule has 0 spiro atoms. The molecule has 0 atom stereocenters. The fraction of sp³-hybridized carbons (Fsp3) is 0.222. The van der Waals surface area contributed by atoms with E-state index in [1.54, 1.807) is 18.4 Å². The molecule has 0 saturated heterocycles. The van der Waals surface area contributed by atoms with Crippen molar-refractivity contribution in [2.45, 2.75) is 18.4 Å². The Bertz CT molecular complexity index is 713. The molecule has 2 aromatic heterocycles. The van der Waals surface area contributed by atoms with Crippen LogP contribution >= 0.6 is 38.6 Å². The molecule has 5 nitrogen and oxygen atoms in total. The summed E-state index contributed by atoms with van der Waals surface area (Å²) in [4.78, 5) is 14.3. The Morgan fingerprint density at radius 3 is 2.72 bits per heavy atom. The van der Waals surface area contributed by atoms with Gasteiger partial charge in [-0.15, -0.1) is 11.3 Å². The predicted octanol–water partition coefficient (Wildman–Crippen LogP) is 2.05. The maximum atomic E-state index is 12.0. The number of aryl methyl sites for hydroxylation is 1. The molecule has 0 fully saturated rings. The van der Waals surface area contributed by atoms with E-state index in [0.29, 0.717) is 10.6 Å². The third-order valence-electron chi connectivity index (χ3n) is 2.16. The van der Waals surface area contributed by atoms with Gasteiger partial charge < -0.3 is 4.98 Å². The molecule has 0 radical (unpaired) electrons. The average molecular weight is 369 g/mol. The maximum absolute atomic E-state index is 12.0. The molecule has 18 heavy (non-hydrogen) atoms. The zero-order valence-corrected chi connectivity index (χ0v) is 13.2. The van der Waals surface area contributed by atoms with Crippen LogP contribution in [-0.2, 0) is 16.6 Å². The van der Waals surface area contributed by atoms with Crippen LogP contribution in [0.2, 0.25) is 0 Å². The summed E-state index contributed by atoms with van der Waals surface area (Å²) in [6, 6.07) is 1.57. The van der Waals surface area contributed by atoms with Gasteiger partial charge in [-0.25, -0.2) is 13.1 Å². The Hall–Kier alpha value is -0.480. The molecule has 98 valence electrons. The molecule has 0 aliphatic carbocycles. The van der Waals surface area contributed by atoms with Gasteiger partial charge in [0.2, 0.25) is 10.0 Å². The summed E-state index contributed by atoms with van der Waals surface area (Å²) in [7, 11) is -3.55. The Kier molecular flexibility index (Phi) is 4.07. The summed E-state index contributed by atoms with van der Waals surface area (Å²) in [6.45, 7) is 1.82. The standard InChI is InChI=1S/C9H9BrN2O3S3/c1-5-7(2-8(10)17-5)18(14,15)11-3-6-4-16-9(13)12-6/h2,4,11H,3H2,1H3,(H,12,13). The second-order valence-electron chi connectivity index (χ2n) is 3.47. The molecule has 2 N–H and O–H groups in total. The number of nitrogens with one attached hydrogen (secondary N) is 2. The van der Waals surface area contributed by atoms with E-state index in [2.05, 4.69) is 25.6 Å². The lowest BCUT2D eigenvalue weighted by Crippen LogP contribution is -2.23. The van der Waals surface area contributed by atoms with Crippen molar-refractivity contribution in [2.24, 2.45) is 0 Å². The summed E-state index contributed by atoms with van der Waals surface area (Å²) in [5, 5.41) is 1.60. The summed E-state index contributed by atoms with van der Waals surface area (Å²) < 4.78 is 27.3. The van der Waals surface area contributed by atoms with Gasteiger partial charge in [-0.05, 0) is 28.9 Å². The molecule has 0 aliphatic heterocycles. The third kappa shape index (κ3) is 3.09. The molecule has 0 amide bonds. The van der Waals surface area contributed by atoms with Gasteiger partial charge in [0.15, 0.2) is 0 Å². The van der Waals surface area contributed by atoms with E-state index in [4.69, 9.17) is 0 Å². The van der Waals surface area contributed by atoms with Crippen LogP contribution in [-0.4, -0.2) is 13.4 Å². The normalized spacial score (nSPS) is 11.9. The van der Waals surface area contributed by atoms with E-state index in [0.717, 1.165) is 15.1 Å². The Morgan fingerprint density at radius 2 is 2.22 bits per heavy atom. The highest BCUT2D eigenvalue weighted by molar-refractivity contribution is 9.11. The predicted molar refractivity (Wildman–Crippen MR) is 75.7 cm³/mol. The largest absolute Gasteiger partial charge is 0.315 e. The van der Waals surface area contributed by atoms with Gasteiger partial charge in [0.25, 0.3) is 0 Å². The molecule has 9 heteroatoms. The van der Waals surface area contributed by atoms with Gasteiger partial charge >= 0.3 is 4.87 Å². The van der Waals surface area contributed by atoms with Crippen molar-refractivity contribution in [2.75, 3.05) is 0 Å². The van der Waals surface area contributed by atoms with E-state index in [1.807, 2.05) is 0 Å². The van der Waals surface area contributed by atoms with Crippen LogP contribution in [0.3, 0.4) is 0 Å². The fourth-order valence-corrected chi connectivity index (χ4v) is 5.35. The lowest BCUT2D eigenvalue weighted by molar-refractivity contribution is 0.580. The first-order valence-corrected chi connectivity index (χ1v) is 8.78. The zero-order chi connectivity index (χ0) is 13.3. The Morgan fingerprint density at radius 1 is 1.50 bits per heavy atom. The first-order valence-electron chi connectivity index (χ1n) is 4.81. The van der Waals surface area contributed by atoms with E-state index < -0.39 is 10.0 Å². The number of thiophene rings is 1. The van der Waals surface area contributed by atoms with Crippen LogP contribution in [0, 0.1) is 6.92 Å². The summed E-state index contributed by atoms with van der Waals surface area (Å²) in [5.74, 6) is 0. The van der Waals surface area contributed by atoms with Gasteiger partial charge in [0.1, 0.15) is 0 Å². The third-order valence-corrected chi connectivity index (χ3v) is 6.08. The first kappa shape index (κ1) is 13.9. The number of aromatic amines is 1. The minimum Gasteiger partial charge on any atom is -0.315 e. The van der Waals surface area contributed by atoms with Crippen LogP contribution in [0.5, 0.6) is 0 Å². The van der Waals surface area contributed by atoms with Crippen LogP contribution in [0.25, 0.3) is 0 Å². The smallest absolute Gasteiger partial charge is 0.304 e. The average Bonchev–Trinajstić information content (AvgIpc) is 2.82. The molecule has 0 aliphatic rings. The van der Waals surface area contributed by atoms with Crippen LogP contribution in [0.4, 0.5) is 0 Å². The summed E-state index contributed by atoms with van der Waals surface area (Å²) >= 11 is 5.63. The minimum atomic E-state index is -3.55. The summed E-state index contributed by atoms with van der Waals surface area (Å²) in [6.07, 6.45) is 0. The van der Waals surface area contributed by atoms with E-state index in [-0.39, 0.29) is 16.3 Å². The van der Waals surface area contributed by atoms with Crippen molar-refractivity contribution in [1.29, 1.82) is 0 Å².